The van der Waals surface area contributed by atoms with Gasteiger partial charge in [-0.15, -0.1) is 0 Å². The fourth-order valence-electron chi connectivity index (χ4n) is 2.52. The molecular weight excluding hydrogens is 356 g/mol. The maximum absolute atomic E-state index is 12.7. The van der Waals surface area contributed by atoms with E-state index in [0.29, 0.717) is 12.8 Å². The normalized spacial score (nSPS) is 20.2. The summed E-state index contributed by atoms with van der Waals surface area (Å²) in [5, 5.41) is 9.10. The van der Waals surface area contributed by atoms with E-state index in [9.17, 15) is 21.6 Å². The first kappa shape index (κ1) is 18.8. The van der Waals surface area contributed by atoms with Crippen molar-refractivity contribution in [2.24, 2.45) is 5.92 Å². The van der Waals surface area contributed by atoms with Crippen LogP contribution in [0.1, 0.15) is 12.8 Å². The topological polar surface area (TPSA) is 112 Å². The third-order valence-corrected chi connectivity index (χ3v) is 7.63. The minimum Gasteiger partial charge on any atom is -0.481 e. The third-order valence-electron chi connectivity index (χ3n) is 3.96. The highest BCUT2D eigenvalue weighted by Crippen LogP contribution is 2.25. The van der Waals surface area contributed by atoms with Gasteiger partial charge in [0.25, 0.3) is 0 Å². The SMILES string of the molecule is CN(C)S(=O)(=O)c1cccc(S(=O)(=O)N2CCCC(C(=O)O)C2)c1. The average molecular weight is 376 g/mol. The summed E-state index contributed by atoms with van der Waals surface area (Å²) < 4.78 is 51.9. The number of rotatable bonds is 5. The molecule has 0 aliphatic carbocycles. The lowest BCUT2D eigenvalue weighted by atomic mass is 10.0. The molecule has 0 radical (unpaired) electrons. The summed E-state index contributed by atoms with van der Waals surface area (Å²) in [6, 6.07) is 5.11. The molecule has 1 aromatic carbocycles. The van der Waals surface area contributed by atoms with Crippen LogP contribution in [0.15, 0.2) is 34.1 Å². The molecular formula is C14H20N2O6S2. The van der Waals surface area contributed by atoms with Gasteiger partial charge in [0.15, 0.2) is 0 Å². The van der Waals surface area contributed by atoms with E-state index in [1.807, 2.05) is 0 Å². The number of hydrogen-bond donors (Lipinski definition) is 1. The van der Waals surface area contributed by atoms with Crippen molar-refractivity contribution in [2.75, 3.05) is 27.2 Å². The van der Waals surface area contributed by atoms with Crippen LogP contribution in [0.5, 0.6) is 0 Å². The van der Waals surface area contributed by atoms with E-state index >= 15 is 0 Å². The lowest BCUT2D eigenvalue weighted by Gasteiger charge is -2.29. The second kappa shape index (κ2) is 6.79. The van der Waals surface area contributed by atoms with E-state index in [2.05, 4.69) is 0 Å². The number of aliphatic carboxylic acids is 1. The van der Waals surface area contributed by atoms with Crippen molar-refractivity contribution in [2.45, 2.75) is 22.6 Å². The van der Waals surface area contributed by atoms with E-state index in [1.54, 1.807) is 0 Å². The van der Waals surface area contributed by atoms with Gasteiger partial charge in [0.05, 0.1) is 15.7 Å². The van der Waals surface area contributed by atoms with Crippen molar-refractivity contribution < 1.29 is 26.7 Å². The van der Waals surface area contributed by atoms with Gasteiger partial charge in [-0.25, -0.2) is 21.1 Å². The van der Waals surface area contributed by atoms with E-state index in [1.165, 1.54) is 32.3 Å². The first-order valence-electron chi connectivity index (χ1n) is 7.32. The molecule has 1 heterocycles. The number of carboxylic acids is 1. The number of carbonyl (C=O) groups is 1. The van der Waals surface area contributed by atoms with Crippen molar-refractivity contribution in [1.29, 1.82) is 0 Å². The summed E-state index contributed by atoms with van der Waals surface area (Å²) in [4.78, 5) is 10.8. The Morgan fingerprint density at radius 2 is 1.83 bits per heavy atom. The van der Waals surface area contributed by atoms with Crippen LogP contribution in [0.2, 0.25) is 0 Å². The second-order valence-electron chi connectivity index (χ2n) is 5.80. The highest BCUT2D eigenvalue weighted by molar-refractivity contribution is 7.90. The van der Waals surface area contributed by atoms with Crippen LogP contribution in [0.25, 0.3) is 0 Å². The number of carboxylic acid groups (broad SMARTS) is 1. The van der Waals surface area contributed by atoms with Crippen LogP contribution in [-0.4, -0.2) is 63.7 Å². The Morgan fingerprint density at radius 3 is 2.42 bits per heavy atom. The van der Waals surface area contributed by atoms with Crippen LogP contribution in [-0.2, 0) is 24.8 Å². The van der Waals surface area contributed by atoms with Crippen molar-refractivity contribution in [1.82, 2.24) is 8.61 Å². The number of sulfonamides is 2. The van der Waals surface area contributed by atoms with Crippen LogP contribution in [0.3, 0.4) is 0 Å². The summed E-state index contributed by atoms with van der Waals surface area (Å²) in [5.74, 6) is -1.78. The molecule has 0 bridgehead atoms. The van der Waals surface area contributed by atoms with E-state index in [0.717, 1.165) is 14.7 Å². The molecule has 1 atom stereocenters. The summed E-state index contributed by atoms with van der Waals surface area (Å²) in [6.45, 7) is 0.110. The predicted molar refractivity (Wildman–Crippen MR) is 86.4 cm³/mol. The van der Waals surface area contributed by atoms with Gasteiger partial charge in [-0.2, -0.15) is 4.31 Å². The summed E-state index contributed by atoms with van der Waals surface area (Å²) in [5.41, 5.74) is 0. The van der Waals surface area contributed by atoms with Gasteiger partial charge in [0.2, 0.25) is 20.0 Å². The molecule has 1 aliphatic rings. The zero-order valence-corrected chi connectivity index (χ0v) is 15.0. The molecule has 2 rings (SSSR count). The monoisotopic (exact) mass is 376 g/mol. The molecule has 8 nitrogen and oxygen atoms in total. The number of nitrogens with zero attached hydrogens (tertiary/aromatic N) is 2. The Balaban J connectivity index is 2.38. The Labute approximate surface area is 141 Å². The molecule has 0 aromatic heterocycles. The van der Waals surface area contributed by atoms with Crippen LogP contribution < -0.4 is 0 Å². The zero-order chi connectivity index (χ0) is 18.1. The van der Waals surface area contributed by atoms with E-state index < -0.39 is 31.9 Å². The Bertz CT molecular complexity index is 833. The van der Waals surface area contributed by atoms with Gasteiger partial charge >= 0.3 is 5.97 Å². The first-order chi connectivity index (χ1) is 11.1. The second-order valence-corrected chi connectivity index (χ2v) is 9.89. The quantitative estimate of drug-likeness (QED) is 0.797. The molecule has 1 saturated heterocycles. The summed E-state index contributed by atoms with van der Waals surface area (Å²) in [6.07, 6.45) is 0.877. The molecule has 1 fully saturated rings. The first-order valence-corrected chi connectivity index (χ1v) is 10.2. The molecule has 1 unspecified atom stereocenters. The molecule has 24 heavy (non-hydrogen) atoms. The number of hydrogen-bond acceptors (Lipinski definition) is 5. The summed E-state index contributed by atoms with van der Waals surface area (Å²) >= 11 is 0. The molecule has 0 amide bonds. The molecule has 0 saturated carbocycles. The van der Waals surface area contributed by atoms with Crippen molar-refractivity contribution in [3.63, 3.8) is 0 Å². The van der Waals surface area contributed by atoms with E-state index in [-0.39, 0.29) is 22.9 Å². The minimum absolute atomic E-state index is 0.109. The van der Waals surface area contributed by atoms with Gasteiger partial charge < -0.3 is 5.11 Å². The maximum atomic E-state index is 12.7. The van der Waals surface area contributed by atoms with Crippen LogP contribution in [0, 0.1) is 5.92 Å². The molecule has 1 aliphatic heterocycles. The van der Waals surface area contributed by atoms with Gasteiger partial charge in [0.1, 0.15) is 0 Å². The van der Waals surface area contributed by atoms with Gasteiger partial charge in [0, 0.05) is 27.2 Å². The predicted octanol–water partition coefficient (Wildman–Crippen LogP) is 0.422. The lowest BCUT2D eigenvalue weighted by Crippen LogP contribution is -2.42. The molecule has 0 spiro atoms. The van der Waals surface area contributed by atoms with Gasteiger partial charge in [-0.1, -0.05) is 6.07 Å². The lowest BCUT2D eigenvalue weighted by molar-refractivity contribution is -0.142. The molecule has 134 valence electrons. The fraction of sp³-hybridized carbons (Fsp3) is 0.500. The minimum atomic E-state index is -3.95. The van der Waals surface area contributed by atoms with Crippen LogP contribution in [0.4, 0.5) is 0 Å². The standard InChI is InChI=1S/C14H20N2O6S2/c1-15(2)23(19,20)12-6-3-7-13(9-12)24(21,22)16-8-4-5-11(10-16)14(17)18/h3,6-7,9,11H,4-5,8,10H2,1-2H3,(H,17,18). The largest absolute Gasteiger partial charge is 0.481 e. The molecule has 1 N–H and O–H groups in total. The van der Waals surface area contributed by atoms with Gasteiger partial charge in [-0.3, -0.25) is 4.79 Å². The number of piperidine rings is 1. The Morgan fingerprint density at radius 1 is 1.21 bits per heavy atom. The average Bonchev–Trinajstić information content (AvgIpc) is 2.55. The summed E-state index contributed by atoms with van der Waals surface area (Å²) in [7, 11) is -4.99. The highest BCUT2D eigenvalue weighted by atomic mass is 32.2. The zero-order valence-electron chi connectivity index (χ0n) is 13.4. The highest BCUT2D eigenvalue weighted by Gasteiger charge is 2.33. The van der Waals surface area contributed by atoms with Gasteiger partial charge in [-0.05, 0) is 31.0 Å². The van der Waals surface area contributed by atoms with E-state index in [4.69, 9.17) is 5.11 Å². The maximum Gasteiger partial charge on any atom is 0.307 e. The van der Waals surface area contributed by atoms with Crippen molar-refractivity contribution in [3.05, 3.63) is 24.3 Å². The molecule has 10 heteroatoms. The smallest absolute Gasteiger partial charge is 0.307 e. The van der Waals surface area contributed by atoms with Crippen LogP contribution >= 0.6 is 0 Å². The Kier molecular flexibility index (Phi) is 5.33. The van der Waals surface area contributed by atoms with Crippen molar-refractivity contribution >= 4 is 26.0 Å². The third kappa shape index (κ3) is 3.61. The fourth-order valence-corrected chi connectivity index (χ4v) is 5.11. The Hall–Kier alpha value is -1.49. The molecule has 1 aromatic rings. The number of benzene rings is 1. The van der Waals surface area contributed by atoms with Crippen molar-refractivity contribution in [3.8, 4) is 0 Å².